The monoisotopic (exact) mass is 340 g/mol. The van der Waals surface area contributed by atoms with Crippen molar-refractivity contribution in [3.63, 3.8) is 0 Å². The average molecular weight is 340 g/mol. The van der Waals surface area contributed by atoms with Gasteiger partial charge in [0.1, 0.15) is 36.6 Å². The molecule has 1 saturated heterocycles. The Morgan fingerprint density at radius 2 is 1.65 bits per heavy atom. The van der Waals surface area contributed by atoms with Crippen LogP contribution in [0.1, 0.15) is 0 Å². The summed E-state index contributed by atoms with van der Waals surface area (Å²) in [5.74, 6) is -1.32. The number of hydrogen-bond acceptors (Lipinski definition) is 11. The van der Waals surface area contributed by atoms with Crippen LogP contribution in [0.3, 0.4) is 0 Å². The molecular weight excluding hydrogens is 320 g/mol. The molecule has 0 amide bonds. The SMILES string of the molecule is OCC(O)C1OC(O)C(OC2OC(CO)C(O)C(O)C2O)=C1O. The van der Waals surface area contributed by atoms with Gasteiger partial charge in [0, 0.05) is 0 Å². The normalized spacial score (nSPS) is 42.8. The van der Waals surface area contributed by atoms with Crippen molar-refractivity contribution in [2.45, 2.75) is 49.2 Å². The lowest BCUT2D eigenvalue weighted by atomic mass is 9.99. The minimum absolute atomic E-state index is 0.591. The summed E-state index contributed by atoms with van der Waals surface area (Å²) in [5.41, 5.74) is 0. The summed E-state index contributed by atoms with van der Waals surface area (Å²) in [6.07, 6.45) is -12.7. The van der Waals surface area contributed by atoms with Gasteiger partial charge in [0.15, 0.2) is 11.5 Å². The highest BCUT2D eigenvalue weighted by atomic mass is 16.7. The second kappa shape index (κ2) is 7.25. The molecule has 0 radical (unpaired) electrons. The first-order valence-electron chi connectivity index (χ1n) is 6.84. The predicted molar refractivity (Wildman–Crippen MR) is 68.5 cm³/mol. The van der Waals surface area contributed by atoms with Gasteiger partial charge >= 0.3 is 0 Å². The van der Waals surface area contributed by atoms with Gasteiger partial charge in [-0.25, -0.2) is 0 Å². The van der Waals surface area contributed by atoms with E-state index < -0.39 is 73.9 Å². The van der Waals surface area contributed by atoms with E-state index in [0.717, 1.165) is 0 Å². The number of hydrogen-bond donors (Lipinski definition) is 8. The van der Waals surface area contributed by atoms with Gasteiger partial charge in [-0.1, -0.05) is 0 Å². The van der Waals surface area contributed by atoms with E-state index in [9.17, 15) is 30.6 Å². The molecule has 0 bridgehead atoms. The lowest BCUT2D eigenvalue weighted by Crippen LogP contribution is -2.59. The summed E-state index contributed by atoms with van der Waals surface area (Å²) >= 11 is 0. The highest BCUT2D eigenvalue weighted by molar-refractivity contribution is 5.16. The molecule has 23 heavy (non-hydrogen) atoms. The maximum absolute atomic E-state index is 9.88. The van der Waals surface area contributed by atoms with Gasteiger partial charge in [0.05, 0.1) is 13.2 Å². The highest BCUT2D eigenvalue weighted by Crippen LogP contribution is 2.31. The number of aliphatic hydroxyl groups excluding tert-OH is 8. The predicted octanol–water partition coefficient (Wildman–Crippen LogP) is -4.36. The summed E-state index contributed by atoms with van der Waals surface area (Å²) in [4.78, 5) is 0. The average Bonchev–Trinajstić information content (AvgIpc) is 2.82. The zero-order valence-electron chi connectivity index (χ0n) is 11.8. The molecule has 11 nitrogen and oxygen atoms in total. The van der Waals surface area contributed by atoms with Crippen molar-refractivity contribution in [3.05, 3.63) is 11.5 Å². The number of rotatable bonds is 5. The third-order valence-electron chi connectivity index (χ3n) is 3.65. The minimum atomic E-state index is -1.81. The van der Waals surface area contributed by atoms with Crippen LogP contribution in [-0.2, 0) is 14.2 Å². The van der Waals surface area contributed by atoms with E-state index in [1.165, 1.54) is 0 Å². The summed E-state index contributed by atoms with van der Waals surface area (Å²) in [6.45, 7) is -1.44. The van der Waals surface area contributed by atoms with E-state index in [1.807, 2.05) is 0 Å². The standard InChI is InChI=1S/C12H20O11/c13-1-3(15)9-8(19)10(11(20)22-9)23-12-7(18)6(17)5(16)4(2-14)21-12/h3-7,9,11-20H,1-2H2. The first kappa shape index (κ1) is 18.3. The topological polar surface area (TPSA) is 190 Å². The van der Waals surface area contributed by atoms with Crippen molar-refractivity contribution in [1.82, 2.24) is 0 Å². The molecule has 0 spiro atoms. The van der Waals surface area contributed by atoms with Crippen LogP contribution in [0.2, 0.25) is 0 Å². The first-order chi connectivity index (χ1) is 10.8. The van der Waals surface area contributed by atoms with Gasteiger partial charge in [0.25, 0.3) is 0 Å². The molecule has 134 valence electrons. The molecule has 0 aromatic rings. The van der Waals surface area contributed by atoms with Gasteiger partial charge in [-0.3, -0.25) is 0 Å². The summed E-state index contributed by atoms with van der Waals surface area (Å²) in [7, 11) is 0. The van der Waals surface area contributed by atoms with Crippen LogP contribution >= 0.6 is 0 Å². The van der Waals surface area contributed by atoms with E-state index in [1.54, 1.807) is 0 Å². The van der Waals surface area contributed by atoms with Crippen LogP contribution in [0.25, 0.3) is 0 Å². The van der Waals surface area contributed by atoms with Crippen LogP contribution in [0.4, 0.5) is 0 Å². The Morgan fingerprint density at radius 3 is 2.22 bits per heavy atom. The maximum atomic E-state index is 9.88. The van der Waals surface area contributed by atoms with Crippen LogP contribution in [0.5, 0.6) is 0 Å². The summed E-state index contributed by atoms with van der Waals surface area (Å²) in [5, 5.41) is 76.0. The molecule has 0 aliphatic carbocycles. The van der Waals surface area contributed by atoms with Crippen molar-refractivity contribution < 1.29 is 55.1 Å². The molecule has 2 aliphatic heterocycles. The lowest BCUT2D eigenvalue weighted by molar-refractivity contribution is -0.297. The number of aliphatic hydroxyl groups is 8. The number of ether oxygens (including phenoxy) is 3. The van der Waals surface area contributed by atoms with Crippen LogP contribution in [-0.4, -0.2) is 103 Å². The molecule has 1 fully saturated rings. The molecule has 0 aromatic carbocycles. The van der Waals surface area contributed by atoms with Gasteiger partial charge in [-0.15, -0.1) is 0 Å². The highest BCUT2D eigenvalue weighted by Gasteiger charge is 2.47. The zero-order valence-corrected chi connectivity index (χ0v) is 11.8. The fourth-order valence-corrected chi connectivity index (χ4v) is 2.31. The summed E-state index contributed by atoms with van der Waals surface area (Å²) < 4.78 is 14.9. The molecular formula is C12H20O11. The molecule has 8 N–H and O–H groups in total. The molecule has 8 atom stereocenters. The molecule has 0 aromatic heterocycles. The smallest absolute Gasteiger partial charge is 0.229 e. The fraction of sp³-hybridized carbons (Fsp3) is 0.833. The molecule has 2 rings (SSSR count). The molecule has 2 heterocycles. The van der Waals surface area contributed by atoms with Gasteiger partial charge in [-0.2, -0.15) is 0 Å². The van der Waals surface area contributed by atoms with E-state index in [-0.39, 0.29) is 0 Å². The Labute approximate surface area is 130 Å². The van der Waals surface area contributed by atoms with Crippen molar-refractivity contribution in [2.24, 2.45) is 0 Å². The Morgan fingerprint density at radius 1 is 1.00 bits per heavy atom. The molecule has 11 heteroatoms. The zero-order chi connectivity index (χ0) is 17.3. The molecule has 8 unspecified atom stereocenters. The minimum Gasteiger partial charge on any atom is -0.506 e. The lowest BCUT2D eigenvalue weighted by Gasteiger charge is -2.39. The third kappa shape index (κ3) is 3.42. The fourth-order valence-electron chi connectivity index (χ4n) is 2.31. The first-order valence-corrected chi connectivity index (χ1v) is 6.84. The second-order valence-electron chi connectivity index (χ2n) is 5.22. The Balaban J connectivity index is 2.15. The largest absolute Gasteiger partial charge is 0.506 e. The third-order valence-corrected chi connectivity index (χ3v) is 3.65. The Kier molecular flexibility index (Phi) is 5.78. The van der Waals surface area contributed by atoms with Crippen molar-refractivity contribution in [2.75, 3.05) is 13.2 Å². The van der Waals surface area contributed by atoms with E-state index >= 15 is 0 Å². The van der Waals surface area contributed by atoms with Crippen molar-refractivity contribution in [1.29, 1.82) is 0 Å². The van der Waals surface area contributed by atoms with E-state index in [2.05, 4.69) is 0 Å². The van der Waals surface area contributed by atoms with E-state index in [0.29, 0.717) is 0 Å². The van der Waals surface area contributed by atoms with Gasteiger partial charge in [-0.05, 0) is 0 Å². The molecule has 2 aliphatic rings. The Bertz CT molecular complexity index is 439. The van der Waals surface area contributed by atoms with Gasteiger partial charge in [0.2, 0.25) is 12.6 Å². The van der Waals surface area contributed by atoms with Crippen LogP contribution < -0.4 is 0 Å². The van der Waals surface area contributed by atoms with Gasteiger partial charge < -0.3 is 55.1 Å². The van der Waals surface area contributed by atoms with Crippen molar-refractivity contribution in [3.8, 4) is 0 Å². The quantitative estimate of drug-likeness (QED) is 0.241. The molecule has 0 saturated carbocycles. The van der Waals surface area contributed by atoms with Crippen LogP contribution in [0.15, 0.2) is 11.5 Å². The maximum Gasteiger partial charge on any atom is 0.229 e. The summed E-state index contributed by atoms with van der Waals surface area (Å²) in [6, 6.07) is 0. The second-order valence-corrected chi connectivity index (χ2v) is 5.22. The van der Waals surface area contributed by atoms with Crippen LogP contribution in [0, 0.1) is 0 Å². The van der Waals surface area contributed by atoms with Crippen molar-refractivity contribution >= 4 is 0 Å². The Hall–Kier alpha value is -1.02. The van der Waals surface area contributed by atoms with E-state index in [4.69, 9.17) is 24.4 Å².